The molecule has 21 heavy (non-hydrogen) atoms. The maximum Gasteiger partial charge on any atom is 0.323 e. The molecule has 2 unspecified atom stereocenters. The topological polar surface area (TPSA) is 104 Å². The highest BCUT2D eigenvalue weighted by Crippen LogP contribution is 2.38. The number of benzene rings is 1. The van der Waals surface area contributed by atoms with E-state index in [0.29, 0.717) is 0 Å². The summed E-state index contributed by atoms with van der Waals surface area (Å²) in [6, 6.07) is 5.42. The molecule has 5 N–H and O–H groups in total. The zero-order valence-corrected chi connectivity index (χ0v) is 12.2. The van der Waals surface area contributed by atoms with Gasteiger partial charge in [0.1, 0.15) is 0 Å². The van der Waals surface area contributed by atoms with Gasteiger partial charge in [-0.3, -0.25) is 4.79 Å². The lowest BCUT2D eigenvalue weighted by atomic mass is 9.95. The fraction of sp³-hybridized carbons (Fsp3) is 0.467. The van der Waals surface area contributed by atoms with Crippen molar-refractivity contribution in [2.24, 2.45) is 11.7 Å². The molecule has 3 rings (SSSR count). The summed E-state index contributed by atoms with van der Waals surface area (Å²) in [6.07, 6.45) is 2.04. The Morgan fingerprint density at radius 1 is 1.38 bits per heavy atom. The van der Waals surface area contributed by atoms with Gasteiger partial charge in [0.25, 0.3) is 0 Å². The van der Waals surface area contributed by atoms with Crippen LogP contribution in [-0.4, -0.2) is 21.4 Å². The third-order valence-corrected chi connectivity index (χ3v) is 4.30. The Morgan fingerprint density at radius 2 is 2.05 bits per heavy atom. The number of nitrogens with two attached hydrogens (primary N) is 1. The Bertz CT molecular complexity index is 739. The molecule has 0 radical (unpaired) electrons. The number of rotatable bonds is 4. The third kappa shape index (κ3) is 2.58. The van der Waals surface area contributed by atoms with Crippen LogP contribution in [0.25, 0.3) is 11.0 Å². The molecule has 2 atom stereocenters. The SMILES string of the molecule is CC(NC(=O)C(C)(N)C1CC1)c1ccc2[nH]c(=O)[nH]c2c1. The number of amides is 1. The van der Waals surface area contributed by atoms with Gasteiger partial charge >= 0.3 is 5.69 Å². The minimum absolute atomic E-state index is 0.125. The van der Waals surface area contributed by atoms with Crippen molar-refractivity contribution in [2.45, 2.75) is 38.3 Å². The predicted molar refractivity (Wildman–Crippen MR) is 80.8 cm³/mol. The second-order valence-corrected chi connectivity index (χ2v) is 6.14. The zero-order chi connectivity index (χ0) is 15.2. The van der Waals surface area contributed by atoms with Gasteiger partial charge in [0.15, 0.2) is 0 Å². The van der Waals surface area contributed by atoms with Crippen molar-refractivity contribution in [3.05, 3.63) is 34.2 Å². The molecule has 1 aromatic heterocycles. The Morgan fingerprint density at radius 3 is 2.71 bits per heavy atom. The summed E-state index contributed by atoms with van der Waals surface area (Å²) in [5.74, 6) is 0.161. The second-order valence-electron chi connectivity index (χ2n) is 6.14. The molecule has 1 saturated carbocycles. The first-order chi connectivity index (χ1) is 9.88. The van der Waals surface area contributed by atoms with Gasteiger partial charge in [-0.25, -0.2) is 4.79 Å². The lowest BCUT2D eigenvalue weighted by molar-refractivity contribution is -0.127. The number of imidazole rings is 1. The highest BCUT2D eigenvalue weighted by molar-refractivity contribution is 5.87. The molecule has 1 heterocycles. The quantitative estimate of drug-likeness (QED) is 0.678. The van der Waals surface area contributed by atoms with Gasteiger partial charge in [-0.2, -0.15) is 0 Å². The minimum atomic E-state index is -0.805. The number of carbonyl (C=O) groups excluding carboxylic acids is 1. The number of carbonyl (C=O) groups is 1. The smallest absolute Gasteiger partial charge is 0.323 e. The second kappa shape index (κ2) is 4.73. The molecule has 0 aliphatic heterocycles. The van der Waals surface area contributed by atoms with Gasteiger partial charge < -0.3 is 21.0 Å². The van der Waals surface area contributed by atoms with Crippen LogP contribution in [0.1, 0.15) is 38.3 Å². The summed E-state index contributed by atoms with van der Waals surface area (Å²) in [5, 5.41) is 2.96. The van der Waals surface area contributed by atoms with Crippen LogP contribution in [0.15, 0.2) is 23.0 Å². The Kier molecular flexibility index (Phi) is 3.13. The largest absolute Gasteiger partial charge is 0.348 e. The number of aromatic nitrogens is 2. The molecule has 1 amide bonds. The first-order valence-electron chi connectivity index (χ1n) is 7.19. The number of fused-ring (bicyclic) bond motifs is 1. The molecule has 1 aliphatic rings. The van der Waals surface area contributed by atoms with E-state index in [0.717, 1.165) is 29.4 Å². The van der Waals surface area contributed by atoms with Gasteiger partial charge in [-0.05, 0) is 50.3 Å². The maximum absolute atomic E-state index is 12.3. The van der Waals surface area contributed by atoms with Crippen molar-refractivity contribution in [2.75, 3.05) is 0 Å². The predicted octanol–water partition coefficient (Wildman–Crippen LogP) is 1.16. The Labute approximate surface area is 122 Å². The van der Waals surface area contributed by atoms with Gasteiger partial charge in [-0.15, -0.1) is 0 Å². The Hall–Kier alpha value is -2.08. The van der Waals surface area contributed by atoms with Crippen LogP contribution in [0.3, 0.4) is 0 Å². The number of aromatic amines is 2. The maximum atomic E-state index is 12.3. The fourth-order valence-electron chi connectivity index (χ4n) is 2.62. The van der Waals surface area contributed by atoms with Gasteiger partial charge in [0.2, 0.25) is 5.91 Å². The minimum Gasteiger partial charge on any atom is -0.348 e. The number of hydrogen-bond donors (Lipinski definition) is 4. The average Bonchev–Trinajstić information content (AvgIpc) is 3.20. The van der Waals surface area contributed by atoms with Crippen LogP contribution in [0.5, 0.6) is 0 Å². The first kappa shape index (κ1) is 13.9. The summed E-state index contributed by atoms with van der Waals surface area (Å²) in [7, 11) is 0. The summed E-state index contributed by atoms with van der Waals surface area (Å²) >= 11 is 0. The van der Waals surface area contributed by atoms with Crippen molar-refractivity contribution < 1.29 is 4.79 Å². The van der Waals surface area contributed by atoms with Crippen LogP contribution in [0, 0.1) is 5.92 Å². The molecule has 0 saturated heterocycles. The molecule has 1 aromatic carbocycles. The lowest BCUT2D eigenvalue weighted by Crippen LogP contribution is -2.53. The van der Waals surface area contributed by atoms with Crippen molar-refractivity contribution >= 4 is 16.9 Å². The highest BCUT2D eigenvalue weighted by atomic mass is 16.2. The van der Waals surface area contributed by atoms with Crippen LogP contribution < -0.4 is 16.7 Å². The molecule has 112 valence electrons. The molecular weight excluding hydrogens is 268 g/mol. The summed E-state index contributed by atoms with van der Waals surface area (Å²) in [5.41, 5.74) is 7.50. The fourth-order valence-corrected chi connectivity index (χ4v) is 2.62. The molecule has 1 aliphatic carbocycles. The number of H-pyrrole nitrogens is 2. The van der Waals surface area contributed by atoms with Crippen LogP contribution >= 0.6 is 0 Å². The Balaban J connectivity index is 1.78. The molecule has 1 fully saturated rings. The van der Waals surface area contributed by atoms with Crippen molar-refractivity contribution in [3.8, 4) is 0 Å². The van der Waals surface area contributed by atoms with Crippen LogP contribution in [0.2, 0.25) is 0 Å². The summed E-state index contributed by atoms with van der Waals surface area (Å²) in [6.45, 7) is 3.70. The van der Waals surface area contributed by atoms with E-state index in [1.54, 1.807) is 6.92 Å². The van der Waals surface area contributed by atoms with Crippen molar-refractivity contribution in [1.82, 2.24) is 15.3 Å². The van der Waals surface area contributed by atoms with E-state index in [1.807, 2.05) is 25.1 Å². The van der Waals surface area contributed by atoms with E-state index in [2.05, 4.69) is 15.3 Å². The molecule has 6 nitrogen and oxygen atoms in total. The highest BCUT2D eigenvalue weighted by Gasteiger charge is 2.44. The van der Waals surface area contributed by atoms with Gasteiger partial charge in [0.05, 0.1) is 22.6 Å². The lowest BCUT2D eigenvalue weighted by Gasteiger charge is -2.26. The average molecular weight is 288 g/mol. The molecular formula is C15H20N4O2. The standard InChI is InChI=1S/C15H20N4O2/c1-8(17-13(20)15(2,16)10-4-5-10)9-3-6-11-12(7-9)19-14(21)18-11/h3,6-8,10H,4-5,16H2,1-2H3,(H,17,20)(H2,18,19,21). The van der Waals surface area contributed by atoms with Gasteiger partial charge in [0, 0.05) is 0 Å². The molecule has 0 spiro atoms. The van der Waals surface area contributed by atoms with Crippen LogP contribution in [0.4, 0.5) is 0 Å². The monoisotopic (exact) mass is 288 g/mol. The molecule has 6 heteroatoms. The van der Waals surface area contributed by atoms with E-state index in [4.69, 9.17) is 5.73 Å². The van der Waals surface area contributed by atoms with Gasteiger partial charge in [-0.1, -0.05) is 6.07 Å². The third-order valence-electron chi connectivity index (χ3n) is 4.30. The summed E-state index contributed by atoms with van der Waals surface area (Å²) < 4.78 is 0. The van der Waals surface area contributed by atoms with E-state index < -0.39 is 5.54 Å². The number of nitrogens with one attached hydrogen (secondary N) is 3. The van der Waals surface area contributed by atoms with E-state index >= 15 is 0 Å². The van der Waals surface area contributed by atoms with E-state index in [9.17, 15) is 9.59 Å². The van der Waals surface area contributed by atoms with Crippen molar-refractivity contribution in [1.29, 1.82) is 0 Å². The van der Waals surface area contributed by atoms with Crippen LogP contribution in [-0.2, 0) is 4.79 Å². The van der Waals surface area contributed by atoms with E-state index in [1.165, 1.54) is 0 Å². The normalized spacial score (nSPS) is 19.2. The summed E-state index contributed by atoms with van der Waals surface area (Å²) in [4.78, 5) is 29.0. The van der Waals surface area contributed by atoms with Crippen molar-refractivity contribution in [3.63, 3.8) is 0 Å². The van der Waals surface area contributed by atoms with E-state index in [-0.39, 0.29) is 23.6 Å². The zero-order valence-electron chi connectivity index (χ0n) is 12.2. The first-order valence-corrected chi connectivity index (χ1v) is 7.19. The number of hydrogen-bond acceptors (Lipinski definition) is 3. The molecule has 0 bridgehead atoms. The molecule has 2 aromatic rings.